The molecule has 3 rings (SSSR count). The number of carbonyl (C=O) groups is 1. The SMILES string of the molecule is Cc1ccc(C(=O)Nc2ccc(S(=O)(=O)Nc3ccc(I)cc3)cc2)o1. The predicted molar refractivity (Wildman–Crippen MR) is 108 cm³/mol. The quantitative estimate of drug-likeness (QED) is 0.533. The number of aryl methyl sites for hydroxylation is 1. The van der Waals surface area contributed by atoms with Crippen LogP contribution in [0.3, 0.4) is 0 Å². The largest absolute Gasteiger partial charge is 0.456 e. The van der Waals surface area contributed by atoms with Gasteiger partial charge < -0.3 is 9.73 Å². The number of benzene rings is 2. The van der Waals surface area contributed by atoms with E-state index in [1.54, 1.807) is 31.2 Å². The molecule has 0 radical (unpaired) electrons. The highest BCUT2D eigenvalue weighted by molar-refractivity contribution is 14.1. The Hall–Kier alpha value is -2.33. The summed E-state index contributed by atoms with van der Waals surface area (Å²) in [5.41, 5.74) is 0.952. The van der Waals surface area contributed by atoms with Crippen LogP contribution in [0.1, 0.15) is 16.3 Å². The summed E-state index contributed by atoms with van der Waals surface area (Å²) in [5, 5.41) is 2.66. The van der Waals surface area contributed by atoms with Gasteiger partial charge in [0.1, 0.15) is 5.76 Å². The van der Waals surface area contributed by atoms with Crippen LogP contribution in [-0.4, -0.2) is 14.3 Å². The summed E-state index contributed by atoms with van der Waals surface area (Å²) in [5.74, 6) is 0.434. The Labute approximate surface area is 164 Å². The number of furan rings is 1. The first-order chi connectivity index (χ1) is 12.3. The zero-order chi connectivity index (χ0) is 18.7. The summed E-state index contributed by atoms with van der Waals surface area (Å²) in [6, 6.07) is 16.2. The van der Waals surface area contributed by atoms with Crippen molar-refractivity contribution in [3.05, 3.63) is 75.8 Å². The van der Waals surface area contributed by atoms with Gasteiger partial charge in [-0.25, -0.2) is 8.42 Å². The van der Waals surface area contributed by atoms with E-state index in [9.17, 15) is 13.2 Å². The van der Waals surface area contributed by atoms with Crippen molar-refractivity contribution in [3.63, 3.8) is 0 Å². The Morgan fingerprint density at radius 1 is 0.923 bits per heavy atom. The summed E-state index contributed by atoms with van der Waals surface area (Å²) in [4.78, 5) is 12.1. The fourth-order valence-electron chi connectivity index (χ4n) is 2.20. The normalized spacial score (nSPS) is 11.2. The molecule has 0 spiro atoms. The van der Waals surface area contributed by atoms with E-state index in [1.807, 2.05) is 12.1 Å². The van der Waals surface area contributed by atoms with Crippen LogP contribution in [0.5, 0.6) is 0 Å². The van der Waals surface area contributed by atoms with Crippen molar-refractivity contribution in [3.8, 4) is 0 Å². The molecule has 0 unspecified atom stereocenters. The number of sulfonamides is 1. The molecular weight excluding hydrogens is 467 g/mol. The molecule has 8 heteroatoms. The number of amides is 1. The molecule has 0 bridgehead atoms. The third-order valence-electron chi connectivity index (χ3n) is 3.48. The molecule has 0 aliphatic carbocycles. The highest BCUT2D eigenvalue weighted by atomic mass is 127. The smallest absolute Gasteiger partial charge is 0.291 e. The summed E-state index contributed by atoms with van der Waals surface area (Å²) in [6.45, 7) is 1.75. The van der Waals surface area contributed by atoms with Crippen molar-refractivity contribution in [1.29, 1.82) is 0 Å². The molecule has 0 saturated heterocycles. The van der Waals surface area contributed by atoms with Crippen LogP contribution >= 0.6 is 22.6 Å². The third-order valence-corrected chi connectivity index (χ3v) is 5.60. The number of carbonyl (C=O) groups excluding carboxylic acids is 1. The molecule has 134 valence electrons. The van der Waals surface area contributed by atoms with Gasteiger partial charge in [0, 0.05) is 14.9 Å². The van der Waals surface area contributed by atoms with Crippen molar-refractivity contribution >= 4 is 49.9 Å². The molecule has 3 aromatic rings. The zero-order valence-corrected chi connectivity index (χ0v) is 16.7. The molecule has 1 heterocycles. The number of nitrogens with one attached hydrogen (secondary N) is 2. The number of hydrogen-bond donors (Lipinski definition) is 2. The Morgan fingerprint density at radius 3 is 2.12 bits per heavy atom. The molecule has 0 fully saturated rings. The minimum atomic E-state index is -3.70. The van der Waals surface area contributed by atoms with Crippen molar-refractivity contribution in [2.75, 3.05) is 10.0 Å². The Bertz CT molecular complexity index is 1030. The molecule has 2 aromatic carbocycles. The Kier molecular flexibility index (Phi) is 5.33. The lowest BCUT2D eigenvalue weighted by Gasteiger charge is -2.09. The topological polar surface area (TPSA) is 88.4 Å². The lowest BCUT2D eigenvalue weighted by molar-refractivity contribution is 0.0995. The molecular formula is C18H15IN2O4S. The van der Waals surface area contributed by atoms with Gasteiger partial charge in [0.25, 0.3) is 15.9 Å². The van der Waals surface area contributed by atoms with Crippen LogP contribution in [0.15, 0.2) is 70.0 Å². The van der Waals surface area contributed by atoms with Gasteiger partial charge in [-0.15, -0.1) is 0 Å². The van der Waals surface area contributed by atoms with Gasteiger partial charge in [0.2, 0.25) is 0 Å². The molecule has 1 amide bonds. The lowest BCUT2D eigenvalue weighted by atomic mass is 10.3. The van der Waals surface area contributed by atoms with Crippen LogP contribution in [-0.2, 0) is 10.0 Å². The van der Waals surface area contributed by atoms with Gasteiger partial charge in [-0.3, -0.25) is 9.52 Å². The van der Waals surface area contributed by atoms with Crippen LogP contribution < -0.4 is 10.0 Å². The van der Waals surface area contributed by atoms with Crippen LogP contribution in [0.2, 0.25) is 0 Å². The zero-order valence-electron chi connectivity index (χ0n) is 13.7. The minimum Gasteiger partial charge on any atom is -0.456 e. The average Bonchev–Trinajstić information content (AvgIpc) is 3.04. The number of rotatable bonds is 5. The monoisotopic (exact) mass is 482 g/mol. The van der Waals surface area contributed by atoms with Gasteiger partial charge >= 0.3 is 0 Å². The van der Waals surface area contributed by atoms with E-state index < -0.39 is 15.9 Å². The summed E-state index contributed by atoms with van der Waals surface area (Å²) >= 11 is 2.15. The number of anilines is 2. The molecule has 6 nitrogen and oxygen atoms in total. The lowest BCUT2D eigenvalue weighted by Crippen LogP contribution is -2.14. The minimum absolute atomic E-state index is 0.0999. The second-order valence-corrected chi connectivity index (χ2v) is 8.43. The maximum absolute atomic E-state index is 12.4. The number of hydrogen-bond acceptors (Lipinski definition) is 4. The standard InChI is InChI=1S/C18H15IN2O4S/c1-12-2-11-17(25-12)18(22)20-14-7-9-16(10-8-14)26(23,24)21-15-5-3-13(19)4-6-15/h2-11,21H,1H3,(H,20,22). The van der Waals surface area contributed by atoms with Crippen molar-refractivity contribution < 1.29 is 17.6 Å². The summed E-state index contributed by atoms with van der Waals surface area (Å²) in [6.07, 6.45) is 0. The fourth-order valence-corrected chi connectivity index (χ4v) is 3.62. The van der Waals surface area contributed by atoms with E-state index in [2.05, 4.69) is 32.6 Å². The third kappa shape index (κ3) is 4.44. The first-order valence-electron chi connectivity index (χ1n) is 7.60. The molecule has 26 heavy (non-hydrogen) atoms. The first kappa shape index (κ1) is 18.5. The van der Waals surface area contributed by atoms with Gasteiger partial charge in [-0.05, 0) is 90.2 Å². The summed E-state index contributed by atoms with van der Waals surface area (Å²) < 4.78 is 33.6. The molecule has 0 atom stereocenters. The Morgan fingerprint density at radius 2 is 1.54 bits per heavy atom. The molecule has 0 saturated carbocycles. The van der Waals surface area contributed by atoms with Gasteiger partial charge in [-0.1, -0.05) is 0 Å². The van der Waals surface area contributed by atoms with Crippen LogP contribution in [0.4, 0.5) is 11.4 Å². The molecule has 0 aliphatic heterocycles. The predicted octanol–water partition coefficient (Wildman–Crippen LogP) is 4.25. The van der Waals surface area contributed by atoms with E-state index in [4.69, 9.17) is 4.42 Å². The van der Waals surface area contributed by atoms with E-state index >= 15 is 0 Å². The van der Waals surface area contributed by atoms with Gasteiger partial charge in [-0.2, -0.15) is 0 Å². The van der Waals surface area contributed by atoms with Crippen molar-refractivity contribution in [2.24, 2.45) is 0 Å². The van der Waals surface area contributed by atoms with E-state index in [0.717, 1.165) is 3.57 Å². The second kappa shape index (κ2) is 7.50. The maximum atomic E-state index is 12.4. The molecule has 1 aromatic heterocycles. The number of halogens is 1. The summed E-state index contributed by atoms with van der Waals surface area (Å²) in [7, 11) is -3.70. The first-order valence-corrected chi connectivity index (χ1v) is 10.2. The highest BCUT2D eigenvalue weighted by Gasteiger charge is 2.15. The van der Waals surface area contributed by atoms with E-state index in [0.29, 0.717) is 17.1 Å². The van der Waals surface area contributed by atoms with Crippen LogP contribution in [0.25, 0.3) is 0 Å². The van der Waals surface area contributed by atoms with Gasteiger partial charge in [0.15, 0.2) is 5.76 Å². The van der Waals surface area contributed by atoms with Crippen molar-refractivity contribution in [2.45, 2.75) is 11.8 Å². The van der Waals surface area contributed by atoms with Gasteiger partial charge in [0.05, 0.1) is 4.90 Å². The van der Waals surface area contributed by atoms with E-state index in [1.165, 1.54) is 24.3 Å². The Balaban J connectivity index is 1.71. The maximum Gasteiger partial charge on any atom is 0.291 e. The molecule has 2 N–H and O–H groups in total. The average molecular weight is 482 g/mol. The highest BCUT2D eigenvalue weighted by Crippen LogP contribution is 2.19. The fraction of sp³-hybridized carbons (Fsp3) is 0.0556. The van der Waals surface area contributed by atoms with E-state index in [-0.39, 0.29) is 10.7 Å². The second-order valence-electron chi connectivity index (χ2n) is 5.50. The van der Waals surface area contributed by atoms with Crippen molar-refractivity contribution in [1.82, 2.24) is 0 Å². The van der Waals surface area contributed by atoms with Crippen LogP contribution in [0, 0.1) is 10.5 Å². The molecule has 0 aliphatic rings.